The average molecular weight is 213 g/mol. The van der Waals surface area contributed by atoms with Crippen LogP contribution >= 0.6 is 0 Å². The zero-order chi connectivity index (χ0) is 11.0. The molecule has 3 heteroatoms. The molecule has 1 aromatic rings. The first-order chi connectivity index (χ1) is 7.84. The fraction of sp³-hybridized carbons (Fsp3) is 0.154. The van der Waals surface area contributed by atoms with Crippen molar-refractivity contribution in [3.05, 3.63) is 53.4 Å². The van der Waals surface area contributed by atoms with Gasteiger partial charge in [0.1, 0.15) is 11.5 Å². The smallest absolute Gasteiger partial charge is 0.259 e. The molecule has 1 amide bonds. The number of fused-ring (bicyclic) bond motifs is 1. The predicted octanol–water partition coefficient (Wildman–Crippen LogP) is 2.37. The summed E-state index contributed by atoms with van der Waals surface area (Å²) in [4.78, 5) is 11.9. The molecule has 2 aliphatic rings. The van der Waals surface area contributed by atoms with E-state index in [1.807, 2.05) is 30.4 Å². The predicted molar refractivity (Wildman–Crippen MR) is 59.9 cm³/mol. The van der Waals surface area contributed by atoms with E-state index in [-0.39, 0.29) is 5.91 Å². The monoisotopic (exact) mass is 213 g/mol. The van der Waals surface area contributed by atoms with Crippen LogP contribution in [-0.2, 0) is 0 Å². The van der Waals surface area contributed by atoms with E-state index in [0.717, 1.165) is 24.3 Å². The minimum atomic E-state index is -0.104. The third-order valence-corrected chi connectivity index (χ3v) is 2.74. The molecule has 3 nitrogen and oxygen atoms in total. The van der Waals surface area contributed by atoms with Crippen molar-refractivity contribution in [1.29, 1.82) is 0 Å². The van der Waals surface area contributed by atoms with Crippen molar-refractivity contribution >= 4 is 5.91 Å². The van der Waals surface area contributed by atoms with Crippen LogP contribution in [0.5, 0.6) is 5.75 Å². The van der Waals surface area contributed by atoms with Gasteiger partial charge in [0, 0.05) is 6.42 Å². The highest BCUT2D eigenvalue weighted by atomic mass is 16.5. The van der Waals surface area contributed by atoms with Gasteiger partial charge in [-0.2, -0.15) is 0 Å². The van der Waals surface area contributed by atoms with E-state index in [0.29, 0.717) is 11.3 Å². The summed E-state index contributed by atoms with van der Waals surface area (Å²) in [5, 5.41) is 2.87. The number of carbonyl (C=O) groups is 1. The number of carbonyl (C=O) groups excluding carboxylic acids is 1. The molecule has 1 aromatic carbocycles. The summed E-state index contributed by atoms with van der Waals surface area (Å²) in [7, 11) is 0. The molecule has 1 N–H and O–H groups in total. The van der Waals surface area contributed by atoms with Crippen LogP contribution in [0.1, 0.15) is 23.2 Å². The number of benzene rings is 1. The minimum Gasteiger partial charge on any atom is -0.459 e. The topological polar surface area (TPSA) is 38.3 Å². The van der Waals surface area contributed by atoms with Crippen LogP contribution in [0, 0.1) is 0 Å². The summed E-state index contributed by atoms with van der Waals surface area (Å²) in [5.41, 5.74) is 1.37. The molecule has 1 aliphatic carbocycles. The van der Waals surface area contributed by atoms with Gasteiger partial charge >= 0.3 is 0 Å². The van der Waals surface area contributed by atoms with Crippen molar-refractivity contribution in [2.45, 2.75) is 12.8 Å². The molecule has 0 radical (unpaired) electrons. The van der Waals surface area contributed by atoms with Crippen molar-refractivity contribution in [3.8, 4) is 5.75 Å². The fourth-order valence-electron chi connectivity index (χ4n) is 1.93. The van der Waals surface area contributed by atoms with Crippen molar-refractivity contribution in [2.24, 2.45) is 0 Å². The highest BCUT2D eigenvalue weighted by Crippen LogP contribution is 2.28. The maximum atomic E-state index is 11.9. The SMILES string of the molecule is O=C1NC2=C(CCC=C2)Oc2ccccc21. The molecule has 16 heavy (non-hydrogen) atoms. The Balaban J connectivity index is 2.10. The number of para-hydroxylation sites is 1. The molecule has 80 valence electrons. The molecule has 0 unspecified atom stereocenters. The number of ether oxygens (including phenoxy) is 1. The normalized spacial score (nSPS) is 18.1. The van der Waals surface area contributed by atoms with Crippen LogP contribution in [0.25, 0.3) is 0 Å². The zero-order valence-electron chi connectivity index (χ0n) is 8.69. The summed E-state index contributed by atoms with van der Waals surface area (Å²) in [6.07, 6.45) is 5.73. The molecule has 0 aromatic heterocycles. The third kappa shape index (κ3) is 1.41. The molecule has 1 aliphatic heterocycles. The molecule has 0 saturated heterocycles. The van der Waals surface area contributed by atoms with Gasteiger partial charge in [0.2, 0.25) is 0 Å². The standard InChI is InChI=1S/C13H11NO2/c15-13-9-5-1-3-7-11(9)16-12-8-4-2-6-10(12)14-13/h1-3,5-7H,4,8H2,(H,14,15). The Morgan fingerprint density at radius 3 is 3.06 bits per heavy atom. The van der Waals surface area contributed by atoms with Gasteiger partial charge in [0.05, 0.1) is 11.3 Å². The maximum Gasteiger partial charge on any atom is 0.259 e. The van der Waals surface area contributed by atoms with Gasteiger partial charge < -0.3 is 10.1 Å². The van der Waals surface area contributed by atoms with E-state index in [1.54, 1.807) is 6.07 Å². The van der Waals surface area contributed by atoms with E-state index in [1.165, 1.54) is 0 Å². The van der Waals surface area contributed by atoms with Gasteiger partial charge in [-0.1, -0.05) is 18.2 Å². The number of amides is 1. The van der Waals surface area contributed by atoms with Crippen molar-refractivity contribution < 1.29 is 9.53 Å². The molecular formula is C13H11NO2. The lowest BCUT2D eigenvalue weighted by Crippen LogP contribution is -2.22. The van der Waals surface area contributed by atoms with Crippen molar-refractivity contribution in [2.75, 3.05) is 0 Å². The maximum absolute atomic E-state index is 11.9. The number of nitrogens with one attached hydrogen (secondary N) is 1. The Bertz CT molecular complexity index is 514. The summed E-state index contributed by atoms with van der Waals surface area (Å²) in [5.74, 6) is 1.38. The van der Waals surface area contributed by atoms with Gasteiger partial charge in [-0.25, -0.2) is 0 Å². The first kappa shape index (κ1) is 9.21. The Morgan fingerprint density at radius 1 is 1.25 bits per heavy atom. The van der Waals surface area contributed by atoms with Crippen LogP contribution < -0.4 is 10.1 Å². The third-order valence-electron chi connectivity index (χ3n) is 2.74. The lowest BCUT2D eigenvalue weighted by molar-refractivity contribution is 0.0967. The molecule has 1 heterocycles. The quantitative estimate of drug-likeness (QED) is 0.718. The lowest BCUT2D eigenvalue weighted by Gasteiger charge is -2.13. The van der Waals surface area contributed by atoms with Crippen LogP contribution in [0.15, 0.2) is 47.9 Å². The second kappa shape index (κ2) is 3.52. The second-order valence-electron chi connectivity index (χ2n) is 3.83. The fourth-order valence-corrected chi connectivity index (χ4v) is 1.93. The molecule has 0 spiro atoms. The number of hydrogen-bond donors (Lipinski definition) is 1. The van der Waals surface area contributed by atoms with Gasteiger partial charge in [-0.15, -0.1) is 0 Å². The van der Waals surface area contributed by atoms with Gasteiger partial charge in [-0.05, 0) is 24.6 Å². The van der Waals surface area contributed by atoms with Crippen LogP contribution in [0.4, 0.5) is 0 Å². The molecule has 3 rings (SSSR count). The van der Waals surface area contributed by atoms with E-state index >= 15 is 0 Å². The zero-order valence-corrected chi connectivity index (χ0v) is 8.69. The first-order valence-corrected chi connectivity index (χ1v) is 5.32. The van der Waals surface area contributed by atoms with Crippen molar-refractivity contribution in [3.63, 3.8) is 0 Å². The first-order valence-electron chi connectivity index (χ1n) is 5.32. The number of hydrogen-bond acceptors (Lipinski definition) is 2. The largest absolute Gasteiger partial charge is 0.459 e. The summed E-state index contributed by atoms with van der Waals surface area (Å²) in [6.45, 7) is 0. The van der Waals surface area contributed by atoms with Crippen LogP contribution in [0.3, 0.4) is 0 Å². The van der Waals surface area contributed by atoms with Gasteiger partial charge in [0.25, 0.3) is 5.91 Å². The molecule has 0 atom stereocenters. The Morgan fingerprint density at radius 2 is 2.12 bits per heavy atom. The van der Waals surface area contributed by atoms with E-state index in [4.69, 9.17) is 4.74 Å². The number of rotatable bonds is 0. The van der Waals surface area contributed by atoms with E-state index in [2.05, 4.69) is 5.32 Å². The number of allylic oxidation sites excluding steroid dienone is 3. The molecule has 0 bridgehead atoms. The van der Waals surface area contributed by atoms with Gasteiger partial charge in [0.15, 0.2) is 0 Å². The molecular weight excluding hydrogens is 202 g/mol. The summed E-state index contributed by atoms with van der Waals surface area (Å²) < 4.78 is 5.78. The van der Waals surface area contributed by atoms with E-state index < -0.39 is 0 Å². The van der Waals surface area contributed by atoms with Crippen molar-refractivity contribution in [1.82, 2.24) is 5.32 Å². The molecule has 0 fully saturated rings. The summed E-state index contributed by atoms with van der Waals surface area (Å²) in [6, 6.07) is 7.30. The highest BCUT2D eigenvalue weighted by Gasteiger charge is 2.22. The van der Waals surface area contributed by atoms with Gasteiger partial charge in [-0.3, -0.25) is 4.79 Å². The highest BCUT2D eigenvalue weighted by molar-refractivity contribution is 5.98. The Labute approximate surface area is 93.4 Å². The summed E-state index contributed by atoms with van der Waals surface area (Å²) >= 11 is 0. The lowest BCUT2D eigenvalue weighted by atomic mass is 10.1. The Kier molecular flexibility index (Phi) is 2.03. The van der Waals surface area contributed by atoms with E-state index in [9.17, 15) is 4.79 Å². The minimum absolute atomic E-state index is 0.104. The van der Waals surface area contributed by atoms with Crippen LogP contribution in [-0.4, -0.2) is 5.91 Å². The average Bonchev–Trinajstić information content (AvgIpc) is 2.45. The van der Waals surface area contributed by atoms with Crippen LogP contribution in [0.2, 0.25) is 0 Å². The Hall–Kier alpha value is -2.03. The second-order valence-corrected chi connectivity index (χ2v) is 3.83. The molecule has 0 saturated carbocycles.